The van der Waals surface area contributed by atoms with Gasteiger partial charge in [0.25, 0.3) is 0 Å². The third-order valence-corrected chi connectivity index (χ3v) is 3.86. The van der Waals surface area contributed by atoms with Crippen molar-refractivity contribution < 1.29 is 4.79 Å². The fraction of sp³-hybridized carbons (Fsp3) is 0.500. The molecule has 0 aliphatic carbocycles. The monoisotopic (exact) mass is 315 g/mol. The third-order valence-electron chi connectivity index (χ3n) is 3.43. The van der Waals surface area contributed by atoms with Gasteiger partial charge >= 0.3 is 6.03 Å². The lowest BCUT2D eigenvalue weighted by atomic mass is 10.1. The number of nitrogens with one attached hydrogen (secondary N) is 2. The van der Waals surface area contributed by atoms with Gasteiger partial charge in [0, 0.05) is 34.9 Å². The number of hydrogen-bond acceptors (Lipinski definition) is 2. The first-order valence-electron chi connectivity index (χ1n) is 6.84. The van der Waals surface area contributed by atoms with Crippen LogP contribution in [0, 0.1) is 0 Å². The molecule has 1 aromatic rings. The molecule has 0 spiro atoms. The number of anilines is 1. The summed E-state index contributed by atoms with van der Waals surface area (Å²) in [5.74, 6) is 0. The van der Waals surface area contributed by atoms with Gasteiger partial charge in [0.05, 0.1) is 0 Å². The highest BCUT2D eigenvalue weighted by molar-refractivity contribution is 6.35. The predicted octanol–water partition coefficient (Wildman–Crippen LogP) is 3.60. The number of rotatable bonds is 3. The molecule has 2 rings (SSSR count). The maximum Gasteiger partial charge on any atom is 0.322 e. The average Bonchev–Trinajstić information content (AvgIpc) is 2.39. The summed E-state index contributed by atoms with van der Waals surface area (Å²) in [5, 5.41) is 7.20. The predicted molar refractivity (Wildman–Crippen MR) is 83.8 cm³/mol. The van der Waals surface area contributed by atoms with Gasteiger partial charge in [-0.2, -0.15) is 0 Å². The summed E-state index contributed by atoms with van der Waals surface area (Å²) in [4.78, 5) is 14.2. The lowest BCUT2D eigenvalue weighted by molar-refractivity contribution is 0.177. The SMILES string of the molecule is CCN(C(=O)Nc1cc(Cl)cc(Cl)c1)C1CCCNC1. The molecule has 6 heteroatoms. The Morgan fingerprint density at radius 3 is 2.65 bits per heavy atom. The number of halogens is 2. The molecule has 1 fully saturated rings. The molecule has 110 valence electrons. The molecule has 1 aromatic carbocycles. The molecule has 4 nitrogen and oxygen atoms in total. The van der Waals surface area contributed by atoms with Gasteiger partial charge in [-0.1, -0.05) is 23.2 Å². The van der Waals surface area contributed by atoms with Gasteiger partial charge in [-0.3, -0.25) is 0 Å². The molecule has 2 amide bonds. The third kappa shape index (κ3) is 4.01. The zero-order valence-electron chi connectivity index (χ0n) is 11.5. The van der Waals surface area contributed by atoms with E-state index in [2.05, 4.69) is 10.6 Å². The van der Waals surface area contributed by atoms with Crippen LogP contribution in [0.25, 0.3) is 0 Å². The fourth-order valence-electron chi connectivity index (χ4n) is 2.49. The van der Waals surface area contributed by atoms with Gasteiger partial charge in [-0.05, 0) is 44.5 Å². The van der Waals surface area contributed by atoms with E-state index in [1.807, 2.05) is 11.8 Å². The van der Waals surface area contributed by atoms with E-state index >= 15 is 0 Å². The number of carbonyl (C=O) groups excluding carboxylic acids is 1. The Kier molecular flexibility index (Phi) is 5.52. The topological polar surface area (TPSA) is 44.4 Å². The second kappa shape index (κ2) is 7.16. The van der Waals surface area contributed by atoms with E-state index in [1.54, 1.807) is 18.2 Å². The highest BCUT2D eigenvalue weighted by Gasteiger charge is 2.24. The molecule has 0 radical (unpaired) electrons. The van der Waals surface area contributed by atoms with E-state index in [0.29, 0.717) is 22.3 Å². The summed E-state index contributed by atoms with van der Waals surface area (Å²) in [6.45, 7) is 4.53. The van der Waals surface area contributed by atoms with E-state index < -0.39 is 0 Å². The average molecular weight is 316 g/mol. The van der Waals surface area contributed by atoms with E-state index in [-0.39, 0.29) is 12.1 Å². The first kappa shape index (κ1) is 15.4. The second-order valence-corrected chi connectivity index (χ2v) is 5.75. The zero-order chi connectivity index (χ0) is 14.5. The first-order valence-corrected chi connectivity index (χ1v) is 7.60. The fourth-order valence-corrected chi connectivity index (χ4v) is 3.01. The van der Waals surface area contributed by atoms with Crippen molar-refractivity contribution in [1.29, 1.82) is 0 Å². The minimum absolute atomic E-state index is 0.112. The minimum atomic E-state index is -0.112. The molecule has 20 heavy (non-hydrogen) atoms. The summed E-state index contributed by atoms with van der Waals surface area (Å²) in [6, 6.07) is 5.15. The van der Waals surface area contributed by atoms with Crippen LogP contribution in [-0.4, -0.2) is 36.6 Å². The Balaban J connectivity index is 2.04. The van der Waals surface area contributed by atoms with Crippen molar-refractivity contribution in [2.24, 2.45) is 0 Å². The van der Waals surface area contributed by atoms with Gasteiger partial charge in [-0.25, -0.2) is 4.79 Å². The molecule has 1 saturated heterocycles. The molecule has 1 unspecified atom stereocenters. The van der Waals surface area contributed by atoms with Crippen molar-refractivity contribution in [3.05, 3.63) is 28.2 Å². The number of benzene rings is 1. The minimum Gasteiger partial charge on any atom is -0.321 e. The van der Waals surface area contributed by atoms with E-state index in [4.69, 9.17) is 23.2 Å². The Bertz CT molecular complexity index is 455. The summed E-state index contributed by atoms with van der Waals surface area (Å²) >= 11 is 11.9. The van der Waals surface area contributed by atoms with Crippen molar-refractivity contribution in [2.75, 3.05) is 25.0 Å². The Labute approximate surface area is 129 Å². The quantitative estimate of drug-likeness (QED) is 0.895. The highest BCUT2D eigenvalue weighted by atomic mass is 35.5. The Morgan fingerprint density at radius 2 is 2.10 bits per heavy atom. The molecule has 1 aliphatic rings. The maximum atomic E-state index is 12.4. The van der Waals surface area contributed by atoms with Crippen LogP contribution in [-0.2, 0) is 0 Å². The van der Waals surface area contributed by atoms with E-state index in [0.717, 1.165) is 25.9 Å². The number of hydrogen-bond donors (Lipinski definition) is 2. The van der Waals surface area contributed by atoms with Crippen LogP contribution in [0.1, 0.15) is 19.8 Å². The number of nitrogens with zero attached hydrogens (tertiary/aromatic N) is 1. The summed E-state index contributed by atoms with van der Waals surface area (Å²) in [5.41, 5.74) is 0.620. The molecule has 0 bridgehead atoms. The largest absolute Gasteiger partial charge is 0.322 e. The van der Waals surface area contributed by atoms with Crippen LogP contribution in [0.4, 0.5) is 10.5 Å². The van der Waals surface area contributed by atoms with Gasteiger partial charge < -0.3 is 15.5 Å². The molecular formula is C14H19Cl2N3O. The zero-order valence-corrected chi connectivity index (χ0v) is 13.0. The van der Waals surface area contributed by atoms with Crippen molar-refractivity contribution >= 4 is 34.9 Å². The number of carbonyl (C=O) groups is 1. The van der Waals surface area contributed by atoms with E-state index in [1.165, 1.54) is 0 Å². The summed E-state index contributed by atoms with van der Waals surface area (Å²) in [7, 11) is 0. The molecule has 2 N–H and O–H groups in total. The number of likely N-dealkylation sites (N-methyl/N-ethyl adjacent to an activating group) is 1. The summed E-state index contributed by atoms with van der Waals surface area (Å²) < 4.78 is 0. The Morgan fingerprint density at radius 1 is 1.40 bits per heavy atom. The normalized spacial score (nSPS) is 18.6. The van der Waals surface area contributed by atoms with Crippen molar-refractivity contribution in [2.45, 2.75) is 25.8 Å². The maximum absolute atomic E-state index is 12.4. The molecule has 0 aromatic heterocycles. The molecule has 1 atom stereocenters. The van der Waals surface area contributed by atoms with Crippen LogP contribution >= 0.6 is 23.2 Å². The summed E-state index contributed by atoms with van der Waals surface area (Å²) in [6.07, 6.45) is 2.13. The van der Waals surface area contributed by atoms with Crippen molar-refractivity contribution in [1.82, 2.24) is 10.2 Å². The number of piperidine rings is 1. The van der Waals surface area contributed by atoms with Crippen molar-refractivity contribution in [3.63, 3.8) is 0 Å². The first-order chi connectivity index (χ1) is 9.60. The van der Waals surface area contributed by atoms with Crippen LogP contribution in [0.5, 0.6) is 0 Å². The van der Waals surface area contributed by atoms with E-state index in [9.17, 15) is 4.79 Å². The molecule has 0 saturated carbocycles. The highest BCUT2D eigenvalue weighted by Crippen LogP contribution is 2.23. The lowest BCUT2D eigenvalue weighted by Crippen LogP contribution is -2.50. The molecular weight excluding hydrogens is 297 g/mol. The standard InChI is InChI=1S/C14H19Cl2N3O/c1-2-19(13-4-3-5-17-9-13)14(20)18-12-7-10(15)6-11(16)8-12/h6-8,13,17H,2-5,9H2,1H3,(H,18,20). The second-order valence-electron chi connectivity index (χ2n) is 4.87. The number of urea groups is 1. The van der Waals surface area contributed by atoms with Gasteiger partial charge in [0.15, 0.2) is 0 Å². The molecule has 1 aliphatic heterocycles. The Hall–Kier alpha value is -0.970. The molecule has 1 heterocycles. The van der Waals surface area contributed by atoms with Crippen LogP contribution in [0.3, 0.4) is 0 Å². The van der Waals surface area contributed by atoms with Crippen LogP contribution < -0.4 is 10.6 Å². The number of amides is 2. The van der Waals surface area contributed by atoms with Crippen LogP contribution in [0.2, 0.25) is 10.0 Å². The van der Waals surface area contributed by atoms with Crippen molar-refractivity contribution in [3.8, 4) is 0 Å². The van der Waals surface area contributed by atoms with Gasteiger partial charge in [0.1, 0.15) is 0 Å². The van der Waals surface area contributed by atoms with Gasteiger partial charge in [-0.15, -0.1) is 0 Å². The van der Waals surface area contributed by atoms with Crippen LogP contribution in [0.15, 0.2) is 18.2 Å². The van der Waals surface area contributed by atoms with Gasteiger partial charge in [0.2, 0.25) is 0 Å². The lowest BCUT2D eigenvalue weighted by Gasteiger charge is -2.34. The smallest absolute Gasteiger partial charge is 0.321 e.